The van der Waals surface area contributed by atoms with Crippen molar-refractivity contribution in [2.75, 3.05) is 18.1 Å². The van der Waals surface area contributed by atoms with E-state index >= 15 is 0 Å². The lowest BCUT2D eigenvalue weighted by Crippen LogP contribution is -2.33. The van der Waals surface area contributed by atoms with Gasteiger partial charge < -0.3 is 19.5 Å². The van der Waals surface area contributed by atoms with E-state index in [1.807, 2.05) is 0 Å². The van der Waals surface area contributed by atoms with Crippen LogP contribution in [0, 0.1) is 5.92 Å². The standard InChI is InChI=1S/C15H19NO4/c1-2-3-8-20-13-6-4-12(5-7-13)16-10-11(15(18)19)9-14(16)17/h4-7,11H,2-3,8-10H2,1H3,(H,18,19)/p-1/t11-/m0/s1. The van der Waals surface area contributed by atoms with Crippen LogP contribution in [0.4, 0.5) is 5.69 Å². The molecule has 0 bridgehead atoms. The molecule has 1 heterocycles. The van der Waals surface area contributed by atoms with Gasteiger partial charge in [0.1, 0.15) is 5.75 Å². The van der Waals surface area contributed by atoms with E-state index in [0.29, 0.717) is 12.3 Å². The Labute approximate surface area is 118 Å². The van der Waals surface area contributed by atoms with Crippen LogP contribution in [0.15, 0.2) is 24.3 Å². The number of anilines is 1. The number of amides is 1. The minimum atomic E-state index is -1.17. The van der Waals surface area contributed by atoms with Gasteiger partial charge in [0.25, 0.3) is 0 Å². The highest BCUT2D eigenvalue weighted by Crippen LogP contribution is 2.26. The van der Waals surface area contributed by atoms with Crippen LogP contribution in [0.3, 0.4) is 0 Å². The van der Waals surface area contributed by atoms with Crippen molar-refractivity contribution >= 4 is 17.6 Å². The van der Waals surface area contributed by atoms with Crippen molar-refractivity contribution in [3.8, 4) is 5.75 Å². The number of carboxylic acid groups (broad SMARTS) is 1. The first-order chi connectivity index (χ1) is 9.61. The number of nitrogens with zero attached hydrogens (tertiary/aromatic N) is 1. The number of unbranched alkanes of at least 4 members (excludes halogenated alkanes) is 1. The molecule has 1 aromatic carbocycles. The first-order valence-corrected chi connectivity index (χ1v) is 6.86. The molecule has 0 spiro atoms. The molecule has 0 saturated carbocycles. The van der Waals surface area contributed by atoms with Gasteiger partial charge in [0.05, 0.1) is 6.61 Å². The van der Waals surface area contributed by atoms with Gasteiger partial charge in [-0.15, -0.1) is 0 Å². The molecule has 0 aromatic heterocycles. The second-order valence-electron chi connectivity index (χ2n) is 4.92. The number of aliphatic carboxylic acids is 1. The van der Waals surface area contributed by atoms with Crippen molar-refractivity contribution in [1.29, 1.82) is 0 Å². The minimum absolute atomic E-state index is 0.0110. The number of hydrogen-bond donors (Lipinski definition) is 0. The van der Waals surface area contributed by atoms with E-state index in [2.05, 4.69) is 6.92 Å². The molecule has 1 amide bonds. The average Bonchev–Trinajstić information content (AvgIpc) is 2.82. The molecule has 5 nitrogen and oxygen atoms in total. The normalized spacial score (nSPS) is 18.4. The van der Waals surface area contributed by atoms with Gasteiger partial charge in [-0.2, -0.15) is 0 Å². The summed E-state index contributed by atoms with van der Waals surface area (Å²) in [5.41, 5.74) is 0.696. The lowest BCUT2D eigenvalue weighted by molar-refractivity contribution is -0.310. The van der Waals surface area contributed by atoms with Crippen molar-refractivity contribution in [3.05, 3.63) is 24.3 Å². The van der Waals surface area contributed by atoms with Gasteiger partial charge in [-0.3, -0.25) is 4.79 Å². The average molecular weight is 276 g/mol. The number of hydrogen-bond acceptors (Lipinski definition) is 4. The number of carboxylic acids is 1. The van der Waals surface area contributed by atoms with E-state index < -0.39 is 11.9 Å². The Morgan fingerprint density at radius 1 is 1.40 bits per heavy atom. The maximum atomic E-state index is 11.8. The van der Waals surface area contributed by atoms with Crippen LogP contribution in [-0.2, 0) is 9.59 Å². The highest BCUT2D eigenvalue weighted by Gasteiger charge is 2.31. The van der Waals surface area contributed by atoms with Gasteiger partial charge in [-0.05, 0) is 30.7 Å². The van der Waals surface area contributed by atoms with Crippen LogP contribution < -0.4 is 14.7 Å². The quantitative estimate of drug-likeness (QED) is 0.726. The Kier molecular flexibility index (Phi) is 4.61. The molecule has 1 aliphatic rings. The van der Waals surface area contributed by atoms with E-state index in [0.717, 1.165) is 18.6 Å². The van der Waals surface area contributed by atoms with Gasteiger partial charge in [-0.1, -0.05) is 13.3 Å². The van der Waals surface area contributed by atoms with Crippen molar-refractivity contribution in [3.63, 3.8) is 0 Å². The summed E-state index contributed by atoms with van der Waals surface area (Å²) in [7, 11) is 0. The van der Waals surface area contributed by atoms with Gasteiger partial charge >= 0.3 is 0 Å². The molecule has 1 saturated heterocycles. The van der Waals surface area contributed by atoms with E-state index in [1.165, 1.54) is 4.90 Å². The smallest absolute Gasteiger partial charge is 0.227 e. The highest BCUT2D eigenvalue weighted by molar-refractivity contribution is 5.98. The molecular formula is C15H18NO4-. The molecule has 0 radical (unpaired) electrons. The number of benzene rings is 1. The molecule has 0 unspecified atom stereocenters. The predicted molar refractivity (Wildman–Crippen MR) is 72.3 cm³/mol. The summed E-state index contributed by atoms with van der Waals surface area (Å²) in [6.45, 7) is 2.95. The van der Waals surface area contributed by atoms with E-state index in [4.69, 9.17) is 4.74 Å². The lowest BCUT2D eigenvalue weighted by Gasteiger charge is -2.17. The number of carbonyl (C=O) groups excluding carboxylic acids is 2. The number of ether oxygens (including phenoxy) is 1. The van der Waals surface area contributed by atoms with Crippen LogP contribution in [0.5, 0.6) is 5.75 Å². The second kappa shape index (κ2) is 6.41. The molecule has 0 aliphatic carbocycles. The largest absolute Gasteiger partial charge is 0.550 e. The first kappa shape index (κ1) is 14.4. The van der Waals surface area contributed by atoms with Crippen LogP contribution in [0.25, 0.3) is 0 Å². The fourth-order valence-electron chi connectivity index (χ4n) is 2.17. The van der Waals surface area contributed by atoms with Crippen LogP contribution in [-0.4, -0.2) is 25.0 Å². The Morgan fingerprint density at radius 2 is 2.10 bits per heavy atom. The molecule has 1 atom stereocenters. The SMILES string of the molecule is CCCCOc1ccc(N2C[C@@H](C(=O)[O-])CC2=O)cc1. The highest BCUT2D eigenvalue weighted by atomic mass is 16.5. The zero-order valence-electron chi connectivity index (χ0n) is 11.5. The Bertz CT molecular complexity index is 483. The van der Waals surface area contributed by atoms with E-state index in [1.54, 1.807) is 24.3 Å². The monoisotopic (exact) mass is 276 g/mol. The molecular weight excluding hydrogens is 258 g/mol. The van der Waals surface area contributed by atoms with Crippen LogP contribution >= 0.6 is 0 Å². The summed E-state index contributed by atoms with van der Waals surface area (Å²) in [6.07, 6.45) is 2.09. The fourth-order valence-corrected chi connectivity index (χ4v) is 2.17. The van der Waals surface area contributed by atoms with Crippen molar-refractivity contribution in [1.82, 2.24) is 0 Å². The van der Waals surface area contributed by atoms with E-state index in [-0.39, 0.29) is 18.9 Å². The molecule has 108 valence electrons. The summed E-state index contributed by atoms with van der Waals surface area (Å²) in [4.78, 5) is 24.1. The molecule has 20 heavy (non-hydrogen) atoms. The molecule has 1 fully saturated rings. The Morgan fingerprint density at radius 3 is 2.65 bits per heavy atom. The van der Waals surface area contributed by atoms with Crippen LogP contribution in [0.1, 0.15) is 26.2 Å². The summed E-state index contributed by atoms with van der Waals surface area (Å²) >= 11 is 0. The summed E-state index contributed by atoms with van der Waals surface area (Å²) in [5.74, 6) is -1.31. The topological polar surface area (TPSA) is 69.7 Å². The predicted octanol–water partition coefficient (Wildman–Crippen LogP) is 0.968. The lowest BCUT2D eigenvalue weighted by atomic mass is 10.1. The summed E-state index contributed by atoms with van der Waals surface area (Å²) < 4.78 is 5.54. The fraction of sp³-hybridized carbons (Fsp3) is 0.467. The molecule has 0 N–H and O–H groups in total. The van der Waals surface area contributed by atoms with Gasteiger partial charge in [0.2, 0.25) is 5.91 Å². The first-order valence-electron chi connectivity index (χ1n) is 6.86. The van der Waals surface area contributed by atoms with Crippen molar-refractivity contribution in [2.45, 2.75) is 26.2 Å². The van der Waals surface area contributed by atoms with Gasteiger partial charge in [0, 0.05) is 30.5 Å². The second-order valence-corrected chi connectivity index (χ2v) is 4.92. The molecule has 5 heteroatoms. The zero-order valence-corrected chi connectivity index (χ0v) is 11.5. The Balaban J connectivity index is 1.99. The Hall–Kier alpha value is -2.04. The third-order valence-corrected chi connectivity index (χ3v) is 3.37. The van der Waals surface area contributed by atoms with Gasteiger partial charge in [0.15, 0.2) is 0 Å². The summed E-state index contributed by atoms with van der Waals surface area (Å²) in [6, 6.07) is 7.14. The maximum absolute atomic E-state index is 11.8. The molecule has 1 aliphatic heterocycles. The maximum Gasteiger partial charge on any atom is 0.227 e. The molecule has 1 aromatic rings. The zero-order chi connectivity index (χ0) is 14.5. The minimum Gasteiger partial charge on any atom is -0.550 e. The van der Waals surface area contributed by atoms with Gasteiger partial charge in [-0.25, -0.2) is 0 Å². The van der Waals surface area contributed by atoms with Crippen molar-refractivity contribution in [2.24, 2.45) is 5.92 Å². The number of rotatable bonds is 6. The van der Waals surface area contributed by atoms with Crippen LogP contribution in [0.2, 0.25) is 0 Å². The summed E-state index contributed by atoms with van der Waals surface area (Å²) in [5, 5.41) is 10.8. The van der Waals surface area contributed by atoms with Crippen molar-refractivity contribution < 1.29 is 19.4 Å². The number of carbonyl (C=O) groups is 2. The van der Waals surface area contributed by atoms with E-state index in [9.17, 15) is 14.7 Å². The molecule has 2 rings (SSSR count). The third-order valence-electron chi connectivity index (χ3n) is 3.37. The third kappa shape index (κ3) is 3.29.